The van der Waals surface area contributed by atoms with Crippen LogP contribution in [-0.2, 0) is 9.59 Å². The van der Waals surface area contributed by atoms with E-state index in [1.807, 2.05) is 49.1 Å². The molecule has 134 valence electrons. The van der Waals surface area contributed by atoms with Crippen LogP contribution in [0, 0.1) is 0 Å². The van der Waals surface area contributed by atoms with Gasteiger partial charge in [-0.3, -0.25) is 14.5 Å². The number of fused-ring (bicyclic) bond motifs is 1. The Bertz CT molecular complexity index is 714. The van der Waals surface area contributed by atoms with Crippen LogP contribution < -0.4 is 5.32 Å². The van der Waals surface area contributed by atoms with Gasteiger partial charge in [0, 0.05) is 38.1 Å². The minimum absolute atomic E-state index is 0.0397. The first-order valence-electron chi connectivity index (χ1n) is 8.84. The molecule has 2 heterocycles. The van der Waals surface area contributed by atoms with Crippen LogP contribution in [0.4, 0.5) is 0 Å². The minimum atomic E-state index is -0.303. The molecule has 0 saturated carbocycles. The van der Waals surface area contributed by atoms with Crippen LogP contribution >= 0.6 is 0 Å². The zero-order valence-corrected chi connectivity index (χ0v) is 14.8. The molecule has 1 aromatic heterocycles. The molecule has 1 aromatic carbocycles. The van der Waals surface area contributed by atoms with Crippen LogP contribution in [0.3, 0.4) is 0 Å². The third-order valence-corrected chi connectivity index (χ3v) is 4.67. The zero-order chi connectivity index (χ0) is 17.8. The van der Waals surface area contributed by atoms with Crippen LogP contribution in [0.2, 0.25) is 0 Å². The van der Waals surface area contributed by atoms with Crippen LogP contribution in [0.25, 0.3) is 11.0 Å². The fraction of sp³-hybridized carbons (Fsp3) is 0.474. The van der Waals surface area contributed by atoms with Gasteiger partial charge in [-0.15, -0.1) is 0 Å². The van der Waals surface area contributed by atoms with E-state index in [1.165, 1.54) is 0 Å². The monoisotopic (exact) mass is 343 g/mol. The Morgan fingerprint density at radius 3 is 2.60 bits per heavy atom. The maximum absolute atomic E-state index is 12.8. The molecule has 3 rings (SSSR count). The Kier molecular flexibility index (Phi) is 5.38. The number of carbonyl (C=O) groups excluding carboxylic acids is 2. The highest BCUT2D eigenvalue weighted by atomic mass is 16.3. The average molecular weight is 343 g/mol. The Labute approximate surface area is 147 Å². The lowest BCUT2D eigenvalue weighted by atomic mass is 10.1. The zero-order valence-electron chi connectivity index (χ0n) is 14.8. The second-order valence-electron chi connectivity index (χ2n) is 6.46. The fourth-order valence-corrected chi connectivity index (χ4v) is 3.19. The molecule has 0 aliphatic carbocycles. The van der Waals surface area contributed by atoms with Gasteiger partial charge in [0.25, 0.3) is 0 Å². The summed E-state index contributed by atoms with van der Waals surface area (Å²) in [6.45, 7) is 7.56. The quantitative estimate of drug-likeness (QED) is 0.899. The molecule has 1 fully saturated rings. The van der Waals surface area contributed by atoms with Gasteiger partial charge in [0.15, 0.2) is 0 Å². The molecule has 0 spiro atoms. The topological polar surface area (TPSA) is 65.8 Å². The summed E-state index contributed by atoms with van der Waals surface area (Å²) in [4.78, 5) is 28.4. The summed E-state index contributed by atoms with van der Waals surface area (Å²) in [6.07, 6.45) is 0. The van der Waals surface area contributed by atoms with Gasteiger partial charge in [-0.1, -0.05) is 18.2 Å². The number of nitrogens with one attached hydrogen (secondary N) is 1. The highest BCUT2D eigenvalue weighted by Gasteiger charge is 2.28. The van der Waals surface area contributed by atoms with Crippen molar-refractivity contribution in [1.29, 1.82) is 0 Å². The number of amides is 2. The maximum Gasteiger partial charge on any atom is 0.234 e. The van der Waals surface area contributed by atoms with Crippen molar-refractivity contribution in [2.24, 2.45) is 0 Å². The number of rotatable bonds is 5. The molecule has 1 saturated heterocycles. The number of hydrogen-bond donors (Lipinski definition) is 1. The largest absolute Gasteiger partial charge is 0.460 e. The van der Waals surface area contributed by atoms with E-state index in [9.17, 15) is 9.59 Å². The van der Waals surface area contributed by atoms with Crippen LogP contribution in [0.15, 0.2) is 34.7 Å². The first-order chi connectivity index (χ1) is 12.1. The number of likely N-dealkylation sites (N-methyl/N-ethyl adjacent to an activating group) is 1. The van der Waals surface area contributed by atoms with E-state index in [0.717, 1.165) is 24.1 Å². The summed E-state index contributed by atoms with van der Waals surface area (Å²) < 4.78 is 5.83. The number of carbonyl (C=O) groups is 2. The molecule has 2 amide bonds. The van der Waals surface area contributed by atoms with E-state index in [0.29, 0.717) is 31.9 Å². The molecule has 1 aliphatic heterocycles. The number of furan rings is 1. The van der Waals surface area contributed by atoms with E-state index in [2.05, 4.69) is 10.2 Å². The molecule has 25 heavy (non-hydrogen) atoms. The lowest BCUT2D eigenvalue weighted by molar-refractivity contribution is -0.134. The minimum Gasteiger partial charge on any atom is -0.460 e. The van der Waals surface area contributed by atoms with Gasteiger partial charge in [-0.25, -0.2) is 0 Å². The van der Waals surface area contributed by atoms with Crippen molar-refractivity contribution >= 4 is 22.8 Å². The average Bonchev–Trinajstić information content (AvgIpc) is 3.05. The molecule has 1 aliphatic rings. The lowest BCUT2D eigenvalue weighted by Crippen LogP contribution is -2.51. The van der Waals surface area contributed by atoms with Crippen molar-refractivity contribution in [1.82, 2.24) is 15.1 Å². The van der Waals surface area contributed by atoms with Crippen molar-refractivity contribution in [2.75, 3.05) is 39.3 Å². The SMILES string of the molecule is CCNC(=O)CN1CCN(C(=O)[C@H](C)c2cc3ccccc3o2)CC1. The highest BCUT2D eigenvalue weighted by molar-refractivity contribution is 5.85. The van der Waals surface area contributed by atoms with Gasteiger partial charge in [0.1, 0.15) is 11.3 Å². The summed E-state index contributed by atoms with van der Waals surface area (Å²) in [5.41, 5.74) is 0.809. The summed E-state index contributed by atoms with van der Waals surface area (Å²) in [5.74, 6) is 0.521. The molecular formula is C19H25N3O3. The van der Waals surface area contributed by atoms with E-state index in [4.69, 9.17) is 4.42 Å². The number of hydrogen-bond acceptors (Lipinski definition) is 4. The molecule has 1 atom stereocenters. The van der Waals surface area contributed by atoms with Crippen LogP contribution in [0.1, 0.15) is 25.5 Å². The fourth-order valence-electron chi connectivity index (χ4n) is 3.19. The molecule has 2 aromatic rings. The smallest absolute Gasteiger partial charge is 0.234 e. The first kappa shape index (κ1) is 17.5. The number of nitrogens with zero attached hydrogens (tertiary/aromatic N) is 2. The van der Waals surface area contributed by atoms with Gasteiger partial charge >= 0.3 is 0 Å². The Balaban J connectivity index is 1.57. The van der Waals surface area contributed by atoms with E-state index >= 15 is 0 Å². The van der Waals surface area contributed by atoms with Gasteiger partial charge in [-0.2, -0.15) is 0 Å². The Morgan fingerprint density at radius 1 is 1.20 bits per heavy atom. The van der Waals surface area contributed by atoms with Gasteiger partial charge in [0.2, 0.25) is 11.8 Å². The Hall–Kier alpha value is -2.34. The molecule has 0 unspecified atom stereocenters. The number of benzene rings is 1. The second kappa shape index (κ2) is 7.70. The predicted molar refractivity (Wildman–Crippen MR) is 96.3 cm³/mol. The third-order valence-electron chi connectivity index (χ3n) is 4.67. The molecule has 6 nitrogen and oxygen atoms in total. The molecule has 1 N–H and O–H groups in total. The normalized spacial score (nSPS) is 16.8. The number of para-hydroxylation sites is 1. The van der Waals surface area contributed by atoms with Crippen molar-refractivity contribution in [2.45, 2.75) is 19.8 Å². The van der Waals surface area contributed by atoms with Crippen molar-refractivity contribution in [3.8, 4) is 0 Å². The third kappa shape index (κ3) is 4.02. The summed E-state index contributed by atoms with van der Waals surface area (Å²) in [6, 6.07) is 9.73. The summed E-state index contributed by atoms with van der Waals surface area (Å²) in [5, 5.41) is 3.82. The van der Waals surface area contributed by atoms with Crippen molar-refractivity contribution in [3.05, 3.63) is 36.1 Å². The second-order valence-corrected chi connectivity index (χ2v) is 6.46. The molecule has 6 heteroatoms. The van der Waals surface area contributed by atoms with Gasteiger partial charge < -0.3 is 14.6 Å². The molecule has 0 radical (unpaired) electrons. The maximum atomic E-state index is 12.8. The standard InChI is InChI=1S/C19H25N3O3/c1-3-20-18(23)13-21-8-10-22(11-9-21)19(24)14(2)17-12-15-6-4-5-7-16(15)25-17/h4-7,12,14H,3,8-11,13H2,1-2H3,(H,20,23)/t14-/m1/s1. The lowest BCUT2D eigenvalue weighted by Gasteiger charge is -2.35. The van der Waals surface area contributed by atoms with E-state index < -0.39 is 0 Å². The van der Waals surface area contributed by atoms with Crippen LogP contribution in [-0.4, -0.2) is 60.9 Å². The molecule has 0 bridgehead atoms. The predicted octanol–water partition coefficient (Wildman–Crippen LogP) is 1.82. The molecular weight excluding hydrogens is 318 g/mol. The highest BCUT2D eigenvalue weighted by Crippen LogP contribution is 2.26. The van der Waals surface area contributed by atoms with Gasteiger partial charge in [0.05, 0.1) is 12.5 Å². The Morgan fingerprint density at radius 2 is 1.92 bits per heavy atom. The summed E-state index contributed by atoms with van der Waals surface area (Å²) in [7, 11) is 0. The van der Waals surface area contributed by atoms with E-state index in [-0.39, 0.29) is 17.7 Å². The van der Waals surface area contributed by atoms with Crippen LogP contribution in [0.5, 0.6) is 0 Å². The van der Waals surface area contributed by atoms with Gasteiger partial charge in [-0.05, 0) is 26.0 Å². The first-order valence-corrected chi connectivity index (χ1v) is 8.84. The summed E-state index contributed by atoms with van der Waals surface area (Å²) >= 11 is 0. The van der Waals surface area contributed by atoms with Crippen molar-refractivity contribution < 1.29 is 14.0 Å². The van der Waals surface area contributed by atoms with Crippen molar-refractivity contribution in [3.63, 3.8) is 0 Å². The van der Waals surface area contributed by atoms with E-state index in [1.54, 1.807) is 0 Å². The number of piperazine rings is 1.